The zero-order chi connectivity index (χ0) is 12.3. The van der Waals surface area contributed by atoms with Gasteiger partial charge in [-0.3, -0.25) is 4.79 Å². The fraction of sp³-hybridized carbons (Fsp3) is 0.500. The van der Waals surface area contributed by atoms with Gasteiger partial charge in [0.1, 0.15) is 0 Å². The summed E-state index contributed by atoms with van der Waals surface area (Å²) < 4.78 is 18.5. The Kier molecular flexibility index (Phi) is 3.68. The van der Waals surface area contributed by atoms with Gasteiger partial charge in [0, 0.05) is 19.3 Å². The second-order valence-electron chi connectivity index (χ2n) is 4.18. The maximum absolute atomic E-state index is 13.3. The quantitative estimate of drug-likeness (QED) is 0.812. The van der Waals surface area contributed by atoms with Crippen LogP contribution in [-0.4, -0.2) is 30.1 Å². The molecule has 1 aliphatic carbocycles. The normalized spacial score (nSPS) is 23.6. The molecule has 5 heteroatoms. The average molecular weight is 238 g/mol. The molecule has 0 aromatic carbocycles. The Bertz CT molecular complexity index is 411. The summed E-state index contributed by atoms with van der Waals surface area (Å²) in [6, 6.07) is 3.04. The van der Waals surface area contributed by atoms with Crippen molar-refractivity contribution in [2.75, 3.05) is 7.11 Å². The fourth-order valence-corrected chi connectivity index (χ4v) is 2.10. The minimum atomic E-state index is -0.730. The Balaban J connectivity index is 1.96. The predicted octanol–water partition coefficient (Wildman–Crippen LogP) is 1.52. The number of methoxy groups -OCH3 is 1. The molecule has 1 heterocycles. The molecule has 1 aromatic heterocycles. The maximum Gasteiger partial charge on any atom is 0.256 e. The van der Waals surface area contributed by atoms with Crippen LogP contribution in [0.25, 0.3) is 0 Å². The van der Waals surface area contributed by atoms with Gasteiger partial charge in [-0.25, -0.2) is 4.98 Å². The standard InChI is InChI=1S/C12H15FN2O2/c1-17-9-5-4-8(7-9)15-12(16)10-3-2-6-14-11(10)13/h2-3,6,8-9H,4-5,7H2,1H3,(H,15,16). The number of nitrogens with one attached hydrogen (secondary N) is 1. The van der Waals surface area contributed by atoms with Crippen molar-refractivity contribution in [2.45, 2.75) is 31.4 Å². The van der Waals surface area contributed by atoms with Crippen molar-refractivity contribution in [1.82, 2.24) is 10.3 Å². The predicted molar refractivity (Wildman–Crippen MR) is 60.1 cm³/mol. The van der Waals surface area contributed by atoms with E-state index in [1.54, 1.807) is 13.2 Å². The van der Waals surface area contributed by atoms with Crippen LogP contribution in [-0.2, 0) is 4.74 Å². The van der Waals surface area contributed by atoms with Crippen molar-refractivity contribution in [1.29, 1.82) is 0 Å². The minimum Gasteiger partial charge on any atom is -0.381 e. The second kappa shape index (κ2) is 5.23. The molecule has 1 aromatic rings. The number of hydrogen-bond acceptors (Lipinski definition) is 3. The number of ether oxygens (including phenoxy) is 1. The van der Waals surface area contributed by atoms with E-state index >= 15 is 0 Å². The van der Waals surface area contributed by atoms with E-state index in [1.165, 1.54) is 12.3 Å². The number of carbonyl (C=O) groups excluding carboxylic acids is 1. The van der Waals surface area contributed by atoms with Crippen LogP contribution < -0.4 is 5.32 Å². The molecular formula is C12H15FN2O2. The molecule has 1 saturated carbocycles. The molecule has 1 N–H and O–H groups in total. The van der Waals surface area contributed by atoms with Gasteiger partial charge in [-0.05, 0) is 31.4 Å². The third-order valence-corrected chi connectivity index (χ3v) is 3.06. The summed E-state index contributed by atoms with van der Waals surface area (Å²) in [6.45, 7) is 0. The SMILES string of the molecule is COC1CCC(NC(=O)c2cccnc2F)C1. The van der Waals surface area contributed by atoms with Gasteiger partial charge in [-0.2, -0.15) is 4.39 Å². The number of hydrogen-bond donors (Lipinski definition) is 1. The molecule has 1 aliphatic rings. The molecular weight excluding hydrogens is 223 g/mol. The third-order valence-electron chi connectivity index (χ3n) is 3.06. The molecule has 0 saturated heterocycles. The van der Waals surface area contributed by atoms with Gasteiger partial charge in [0.2, 0.25) is 5.95 Å². The summed E-state index contributed by atoms with van der Waals surface area (Å²) in [7, 11) is 1.66. The second-order valence-corrected chi connectivity index (χ2v) is 4.18. The first-order chi connectivity index (χ1) is 8.20. The lowest BCUT2D eigenvalue weighted by Crippen LogP contribution is -2.34. The highest BCUT2D eigenvalue weighted by Gasteiger charge is 2.26. The van der Waals surface area contributed by atoms with Gasteiger partial charge in [-0.1, -0.05) is 0 Å². The molecule has 2 atom stereocenters. The van der Waals surface area contributed by atoms with Gasteiger partial charge in [0.15, 0.2) is 0 Å². The molecule has 92 valence electrons. The Morgan fingerprint density at radius 1 is 1.59 bits per heavy atom. The molecule has 0 bridgehead atoms. The highest BCUT2D eigenvalue weighted by atomic mass is 19.1. The van der Waals surface area contributed by atoms with Gasteiger partial charge in [0.25, 0.3) is 5.91 Å². The molecule has 4 nitrogen and oxygen atoms in total. The van der Waals surface area contributed by atoms with Crippen LogP contribution in [0.3, 0.4) is 0 Å². The molecule has 1 fully saturated rings. The van der Waals surface area contributed by atoms with Crippen molar-refractivity contribution in [2.24, 2.45) is 0 Å². The molecule has 0 radical (unpaired) electrons. The summed E-state index contributed by atoms with van der Waals surface area (Å²) in [6.07, 6.45) is 4.09. The molecule has 0 spiro atoms. The third kappa shape index (κ3) is 2.79. The largest absolute Gasteiger partial charge is 0.381 e. The summed E-state index contributed by atoms with van der Waals surface area (Å²) in [5.41, 5.74) is -0.00614. The van der Waals surface area contributed by atoms with E-state index in [1.807, 2.05) is 0 Å². The van der Waals surface area contributed by atoms with Crippen LogP contribution in [0.5, 0.6) is 0 Å². The monoisotopic (exact) mass is 238 g/mol. The van der Waals surface area contributed by atoms with Crippen molar-refractivity contribution in [3.63, 3.8) is 0 Å². The Hall–Kier alpha value is -1.49. The molecule has 1 amide bonds. The van der Waals surface area contributed by atoms with E-state index in [0.717, 1.165) is 19.3 Å². The zero-order valence-corrected chi connectivity index (χ0v) is 9.65. The minimum absolute atomic E-state index is 0.00614. The highest BCUT2D eigenvalue weighted by Crippen LogP contribution is 2.21. The Morgan fingerprint density at radius 2 is 2.41 bits per heavy atom. The number of pyridine rings is 1. The van der Waals surface area contributed by atoms with Crippen molar-refractivity contribution < 1.29 is 13.9 Å². The first-order valence-corrected chi connectivity index (χ1v) is 5.65. The van der Waals surface area contributed by atoms with Crippen molar-refractivity contribution >= 4 is 5.91 Å². The number of nitrogens with zero attached hydrogens (tertiary/aromatic N) is 1. The Morgan fingerprint density at radius 3 is 3.06 bits per heavy atom. The Labute approximate surface area is 99.2 Å². The lowest BCUT2D eigenvalue weighted by atomic mass is 10.2. The molecule has 2 unspecified atom stereocenters. The van der Waals surface area contributed by atoms with Crippen LogP contribution >= 0.6 is 0 Å². The van der Waals surface area contributed by atoms with Gasteiger partial charge < -0.3 is 10.1 Å². The van der Waals surface area contributed by atoms with E-state index in [0.29, 0.717) is 0 Å². The van der Waals surface area contributed by atoms with Crippen LogP contribution in [0.2, 0.25) is 0 Å². The summed E-state index contributed by atoms with van der Waals surface area (Å²) >= 11 is 0. The fourth-order valence-electron chi connectivity index (χ4n) is 2.10. The van der Waals surface area contributed by atoms with Gasteiger partial charge in [-0.15, -0.1) is 0 Å². The topological polar surface area (TPSA) is 51.2 Å². The van der Waals surface area contributed by atoms with E-state index in [-0.39, 0.29) is 17.7 Å². The number of carbonyl (C=O) groups is 1. The molecule has 0 aliphatic heterocycles. The van der Waals surface area contributed by atoms with Gasteiger partial charge >= 0.3 is 0 Å². The summed E-state index contributed by atoms with van der Waals surface area (Å²) in [5.74, 6) is -1.14. The van der Waals surface area contributed by atoms with Crippen LogP contribution in [0, 0.1) is 5.95 Å². The lowest BCUT2D eigenvalue weighted by Gasteiger charge is -2.12. The van der Waals surface area contributed by atoms with E-state index in [4.69, 9.17) is 4.74 Å². The lowest BCUT2D eigenvalue weighted by molar-refractivity contribution is 0.0910. The van der Waals surface area contributed by atoms with Crippen LogP contribution in [0.15, 0.2) is 18.3 Å². The first kappa shape index (κ1) is 12.0. The van der Waals surface area contributed by atoms with Crippen molar-refractivity contribution in [3.05, 3.63) is 29.8 Å². The van der Waals surface area contributed by atoms with E-state index in [9.17, 15) is 9.18 Å². The van der Waals surface area contributed by atoms with Gasteiger partial charge in [0.05, 0.1) is 11.7 Å². The number of halogens is 1. The maximum atomic E-state index is 13.3. The highest BCUT2D eigenvalue weighted by molar-refractivity contribution is 5.94. The van der Waals surface area contributed by atoms with Crippen LogP contribution in [0.4, 0.5) is 4.39 Å². The van der Waals surface area contributed by atoms with E-state index in [2.05, 4.69) is 10.3 Å². The van der Waals surface area contributed by atoms with Crippen LogP contribution in [0.1, 0.15) is 29.6 Å². The summed E-state index contributed by atoms with van der Waals surface area (Å²) in [5, 5.41) is 2.80. The summed E-state index contributed by atoms with van der Waals surface area (Å²) in [4.78, 5) is 15.2. The molecule has 2 rings (SSSR count). The zero-order valence-electron chi connectivity index (χ0n) is 9.65. The van der Waals surface area contributed by atoms with Crippen molar-refractivity contribution in [3.8, 4) is 0 Å². The first-order valence-electron chi connectivity index (χ1n) is 5.65. The molecule has 17 heavy (non-hydrogen) atoms. The number of amides is 1. The van der Waals surface area contributed by atoms with E-state index < -0.39 is 11.9 Å². The number of rotatable bonds is 3. The number of aromatic nitrogens is 1. The average Bonchev–Trinajstić information content (AvgIpc) is 2.77. The smallest absolute Gasteiger partial charge is 0.256 e.